The van der Waals surface area contributed by atoms with Gasteiger partial charge < -0.3 is 4.90 Å². The van der Waals surface area contributed by atoms with Crippen LogP contribution in [0.3, 0.4) is 0 Å². The van der Waals surface area contributed by atoms with Crippen molar-refractivity contribution in [2.75, 3.05) is 24.5 Å². The Bertz CT molecular complexity index is 961. The molecule has 1 saturated heterocycles. The Morgan fingerprint density at radius 1 is 0.935 bits per heavy atom. The first-order valence-corrected chi connectivity index (χ1v) is 11.9. The lowest BCUT2D eigenvalue weighted by Crippen LogP contribution is -2.33. The van der Waals surface area contributed by atoms with Crippen LogP contribution in [-0.2, 0) is 24.2 Å². The summed E-state index contributed by atoms with van der Waals surface area (Å²) in [7, 11) is 0. The molecule has 4 heteroatoms. The van der Waals surface area contributed by atoms with Crippen LogP contribution in [0.1, 0.15) is 65.6 Å². The first-order chi connectivity index (χ1) is 15.2. The zero-order valence-corrected chi connectivity index (χ0v) is 18.3. The van der Waals surface area contributed by atoms with Gasteiger partial charge in [0.05, 0.1) is 5.69 Å². The fraction of sp³-hybridized carbons (Fsp3) is 0.481. The predicted molar refractivity (Wildman–Crippen MR) is 123 cm³/mol. The van der Waals surface area contributed by atoms with E-state index in [-0.39, 0.29) is 11.7 Å². The molecule has 0 saturated carbocycles. The summed E-state index contributed by atoms with van der Waals surface area (Å²) in [5.41, 5.74) is 5.77. The van der Waals surface area contributed by atoms with Gasteiger partial charge >= 0.3 is 0 Å². The van der Waals surface area contributed by atoms with E-state index in [9.17, 15) is 9.59 Å². The van der Waals surface area contributed by atoms with Crippen molar-refractivity contribution < 1.29 is 9.59 Å². The average Bonchev–Trinajstić information content (AvgIpc) is 3.16. The molecule has 4 nitrogen and oxygen atoms in total. The van der Waals surface area contributed by atoms with Crippen LogP contribution < -0.4 is 4.90 Å². The van der Waals surface area contributed by atoms with Gasteiger partial charge in [0.1, 0.15) is 0 Å². The average molecular weight is 417 g/mol. The van der Waals surface area contributed by atoms with Gasteiger partial charge in [-0.25, -0.2) is 0 Å². The van der Waals surface area contributed by atoms with Crippen molar-refractivity contribution in [3.05, 3.63) is 64.7 Å². The van der Waals surface area contributed by atoms with E-state index in [1.54, 1.807) is 0 Å². The van der Waals surface area contributed by atoms with Gasteiger partial charge in [-0.3, -0.25) is 14.5 Å². The van der Waals surface area contributed by atoms with Crippen molar-refractivity contribution in [1.82, 2.24) is 4.90 Å². The molecular weight excluding hydrogens is 384 g/mol. The molecule has 0 aliphatic carbocycles. The lowest BCUT2D eigenvalue weighted by molar-refractivity contribution is -0.118. The van der Waals surface area contributed by atoms with Crippen LogP contribution in [0, 0.1) is 5.92 Å². The third-order valence-corrected chi connectivity index (χ3v) is 7.34. The first kappa shape index (κ1) is 20.4. The fourth-order valence-electron chi connectivity index (χ4n) is 5.56. The molecule has 0 atom stereocenters. The second-order valence-electron chi connectivity index (χ2n) is 9.46. The number of Topliss-reactive ketones (excluding diaryl/α,β-unsaturated/α-hetero) is 1. The number of benzene rings is 2. The summed E-state index contributed by atoms with van der Waals surface area (Å²) in [5.74, 6) is 1.18. The van der Waals surface area contributed by atoms with Crippen molar-refractivity contribution in [2.24, 2.45) is 5.92 Å². The van der Waals surface area contributed by atoms with Gasteiger partial charge in [0, 0.05) is 31.5 Å². The van der Waals surface area contributed by atoms with E-state index >= 15 is 0 Å². The van der Waals surface area contributed by atoms with Crippen molar-refractivity contribution in [2.45, 2.75) is 57.9 Å². The molecule has 3 aliphatic heterocycles. The molecule has 0 radical (unpaired) electrons. The molecule has 162 valence electrons. The minimum Gasteiger partial charge on any atom is -0.312 e. The highest BCUT2D eigenvalue weighted by atomic mass is 16.2. The number of rotatable bonds is 6. The topological polar surface area (TPSA) is 40.6 Å². The molecule has 0 bridgehead atoms. The number of aryl methyl sites for hydroxylation is 1. The lowest BCUT2D eigenvalue weighted by Gasteiger charge is -2.32. The van der Waals surface area contributed by atoms with Crippen LogP contribution in [0.25, 0.3) is 0 Å². The van der Waals surface area contributed by atoms with Crippen LogP contribution >= 0.6 is 0 Å². The highest BCUT2D eigenvalue weighted by Gasteiger charge is 2.30. The van der Waals surface area contributed by atoms with Crippen molar-refractivity contribution in [3.8, 4) is 0 Å². The number of nitrogens with zero attached hydrogens (tertiary/aromatic N) is 2. The van der Waals surface area contributed by atoms with Gasteiger partial charge in [-0.2, -0.15) is 0 Å². The van der Waals surface area contributed by atoms with E-state index in [2.05, 4.69) is 47.4 Å². The van der Waals surface area contributed by atoms with E-state index < -0.39 is 0 Å². The maximum atomic E-state index is 13.0. The van der Waals surface area contributed by atoms with Crippen LogP contribution in [0.5, 0.6) is 0 Å². The third-order valence-electron chi connectivity index (χ3n) is 7.34. The monoisotopic (exact) mass is 416 g/mol. The fourth-order valence-corrected chi connectivity index (χ4v) is 5.56. The highest BCUT2D eigenvalue weighted by Crippen LogP contribution is 2.37. The van der Waals surface area contributed by atoms with Crippen LogP contribution in [0.2, 0.25) is 0 Å². The molecular formula is C27H32N2O2. The minimum absolute atomic E-state index is 0.246. The number of hydrogen-bond donors (Lipinski definition) is 0. The van der Waals surface area contributed by atoms with Gasteiger partial charge in [0.25, 0.3) is 0 Å². The van der Waals surface area contributed by atoms with Crippen LogP contribution in [0.4, 0.5) is 5.69 Å². The van der Waals surface area contributed by atoms with Crippen molar-refractivity contribution >= 4 is 17.4 Å². The maximum absolute atomic E-state index is 13.0. The summed E-state index contributed by atoms with van der Waals surface area (Å²) in [6.07, 6.45) is 7.32. The Hall–Kier alpha value is -2.46. The SMILES string of the molecule is O=C(CCC1CCN(Cc2ccccc2)CC1)c1cc2c3c(c1)CCN3C(=O)CCC2. The summed E-state index contributed by atoms with van der Waals surface area (Å²) in [6, 6.07) is 14.8. The van der Waals surface area contributed by atoms with Crippen molar-refractivity contribution in [3.63, 3.8) is 0 Å². The number of hydrogen-bond acceptors (Lipinski definition) is 3. The molecule has 1 fully saturated rings. The van der Waals surface area contributed by atoms with E-state index in [0.29, 0.717) is 18.8 Å². The highest BCUT2D eigenvalue weighted by molar-refractivity contribution is 6.01. The van der Waals surface area contributed by atoms with Crippen molar-refractivity contribution in [1.29, 1.82) is 0 Å². The number of amides is 1. The summed E-state index contributed by atoms with van der Waals surface area (Å²) in [5, 5.41) is 0. The maximum Gasteiger partial charge on any atom is 0.227 e. The Balaban J connectivity index is 1.16. The molecule has 3 heterocycles. The smallest absolute Gasteiger partial charge is 0.227 e. The first-order valence-electron chi connectivity index (χ1n) is 11.9. The number of anilines is 1. The molecule has 5 rings (SSSR count). The number of piperidine rings is 1. The molecule has 0 aromatic heterocycles. The Morgan fingerprint density at radius 3 is 2.45 bits per heavy atom. The van der Waals surface area contributed by atoms with Gasteiger partial charge in [-0.1, -0.05) is 30.3 Å². The van der Waals surface area contributed by atoms with Crippen LogP contribution in [-0.4, -0.2) is 36.2 Å². The number of carbonyl (C=O) groups is 2. The predicted octanol–water partition coefficient (Wildman–Crippen LogP) is 4.79. The third kappa shape index (κ3) is 4.45. The molecule has 31 heavy (non-hydrogen) atoms. The van der Waals surface area contributed by atoms with Gasteiger partial charge in [0.2, 0.25) is 5.91 Å². The largest absolute Gasteiger partial charge is 0.312 e. The van der Waals surface area contributed by atoms with Gasteiger partial charge in [-0.15, -0.1) is 0 Å². The molecule has 1 amide bonds. The Kier molecular flexibility index (Phi) is 5.91. The normalized spacial score (nSPS) is 19.4. The Labute approximate surface area is 185 Å². The minimum atomic E-state index is 0.246. The molecule has 0 N–H and O–H groups in total. The summed E-state index contributed by atoms with van der Waals surface area (Å²) in [4.78, 5) is 29.8. The second-order valence-corrected chi connectivity index (χ2v) is 9.46. The zero-order valence-electron chi connectivity index (χ0n) is 18.3. The molecule has 0 unspecified atom stereocenters. The molecule has 2 aromatic rings. The Morgan fingerprint density at radius 2 is 1.68 bits per heavy atom. The van der Waals surface area contributed by atoms with E-state index in [4.69, 9.17) is 0 Å². The zero-order chi connectivity index (χ0) is 21.2. The van der Waals surface area contributed by atoms with E-state index in [0.717, 1.165) is 63.1 Å². The summed E-state index contributed by atoms with van der Waals surface area (Å²) >= 11 is 0. The number of carbonyl (C=O) groups excluding carboxylic acids is 2. The van der Waals surface area contributed by atoms with Crippen LogP contribution in [0.15, 0.2) is 42.5 Å². The van der Waals surface area contributed by atoms with Gasteiger partial charge in [0.15, 0.2) is 5.78 Å². The van der Waals surface area contributed by atoms with Gasteiger partial charge in [-0.05, 0) is 86.4 Å². The summed E-state index contributed by atoms with van der Waals surface area (Å²) < 4.78 is 0. The van der Waals surface area contributed by atoms with E-state index in [1.165, 1.54) is 29.5 Å². The van der Waals surface area contributed by atoms with E-state index in [1.807, 2.05) is 4.90 Å². The number of ketones is 1. The quantitative estimate of drug-likeness (QED) is 0.636. The molecule has 0 spiro atoms. The standard InChI is InChI=1S/C27H32N2O2/c30-25(10-9-20-11-14-28(15-12-20)19-21-5-2-1-3-6-21)24-17-22-7-4-8-26(31)29-16-13-23(18-24)27(22)29/h1-3,5-6,17-18,20H,4,7-16,19H2. The molecule has 2 aromatic carbocycles. The number of likely N-dealkylation sites (tertiary alicyclic amines) is 1. The molecule has 3 aliphatic rings. The summed E-state index contributed by atoms with van der Waals surface area (Å²) in [6.45, 7) is 4.06. The second kappa shape index (κ2) is 8.96. The lowest BCUT2D eigenvalue weighted by atomic mass is 9.89.